The number of hydrogen-bond acceptors (Lipinski definition) is 3. The van der Waals surface area contributed by atoms with Crippen molar-refractivity contribution < 1.29 is 9.21 Å². The van der Waals surface area contributed by atoms with Crippen LogP contribution >= 0.6 is 12.4 Å². The van der Waals surface area contributed by atoms with Crippen LogP contribution in [0.15, 0.2) is 28.7 Å². The van der Waals surface area contributed by atoms with E-state index in [1.807, 2.05) is 36.1 Å². The molecule has 3 rings (SSSR count). The van der Waals surface area contributed by atoms with Gasteiger partial charge in [-0.3, -0.25) is 4.79 Å². The van der Waals surface area contributed by atoms with Gasteiger partial charge in [-0.05, 0) is 25.1 Å². The molecule has 5 heteroatoms. The summed E-state index contributed by atoms with van der Waals surface area (Å²) in [6.45, 7) is 5.23. The van der Waals surface area contributed by atoms with Crippen molar-refractivity contribution in [2.75, 3.05) is 26.2 Å². The minimum Gasteiger partial charge on any atom is -0.451 e. The van der Waals surface area contributed by atoms with Crippen LogP contribution in [0.1, 0.15) is 16.1 Å². The number of benzene rings is 1. The van der Waals surface area contributed by atoms with Crippen molar-refractivity contribution in [2.45, 2.75) is 6.92 Å². The molecule has 1 saturated heterocycles. The van der Waals surface area contributed by atoms with Crippen LogP contribution in [0.2, 0.25) is 0 Å². The highest BCUT2D eigenvalue weighted by Crippen LogP contribution is 2.21. The average Bonchev–Trinajstić information content (AvgIpc) is 2.81. The number of furan rings is 1. The smallest absolute Gasteiger partial charge is 0.289 e. The van der Waals surface area contributed by atoms with Gasteiger partial charge in [-0.25, -0.2) is 0 Å². The zero-order valence-corrected chi connectivity index (χ0v) is 11.6. The predicted molar refractivity (Wildman–Crippen MR) is 77.0 cm³/mol. The maximum absolute atomic E-state index is 12.3. The van der Waals surface area contributed by atoms with Gasteiger partial charge in [-0.2, -0.15) is 0 Å². The molecule has 2 heterocycles. The minimum atomic E-state index is -0.00893. The second-order valence-electron chi connectivity index (χ2n) is 4.69. The molecule has 1 aromatic heterocycles. The molecule has 2 aromatic rings. The molecule has 19 heavy (non-hydrogen) atoms. The molecule has 1 aliphatic heterocycles. The molecule has 0 spiro atoms. The maximum Gasteiger partial charge on any atom is 0.289 e. The quantitative estimate of drug-likeness (QED) is 0.871. The fourth-order valence-corrected chi connectivity index (χ4v) is 2.29. The molecular weight excluding hydrogens is 264 g/mol. The first-order valence-electron chi connectivity index (χ1n) is 6.24. The van der Waals surface area contributed by atoms with Crippen molar-refractivity contribution in [3.05, 3.63) is 35.6 Å². The van der Waals surface area contributed by atoms with Gasteiger partial charge in [-0.15, -0.1) is 12.4 Å². The summed E-state index contributed by atoms with van der Waals surface area (Å²) >= 11 is 0. The van der Waals surface area contributed by atoms with Gasteiger partial charge in [0.2, 0.25) is 0 Å². The minimum absolute atomic E-state index is 0. The summed E-state index contributed by atoms with van der Waals surface area (Å²) in [4.78, 5) is 14.1. The number of fused-ring (bicyclic) bond motifs is 1. The van der Waals surface area contributed by atoms with E-state index < -0.39 is 0 Å². The van der Waals surface area contributed by atoms with Crippen molar-refractivity contribution in [2.24, 2.45) is 0 Å². The highest BCUT2D eigenvalue weighted by atomic mass is 35.5. The molecule has 1 aliphatic rings. The van der Waals surface area contributed by atoms with Crippen LogP contribution in [0.25, 0.3) is 11.0 Å². The Hall–Kier alpha value is -1.52. The molecule has 0 aliphatic carbocycles. The van der Waals surface area contributed by atoms with Crippen molar-refractivity contribution >= 4 is 29.3 Å². The molecule has 0 radical (unpaired) electrons. The molecule has 0 bridgehead atoms. The highest BCUT2D eigenvalue weighted by Gasteiger charge is 2.21. The van der Waals surface area contributed by atoms with E-state index in [2.05, 4.69) is 5.32 Å². The van der Waals surface area contributed by atoms with Crippen LogP contribution in [0.4, 0.5) is 0 Å². The second kappa shape index (κ2) is 5.63. The standard InChI is InChI=1S/C14H16N2O2.ClH/c1-10-2-3-12-11(8-10)9-13(18-12)14(17)16-6-4-15-5-7-16;/h2-3,8-9,15H,4-7H2,1H3;1H. The molecule has 1 amide bonds. The molecule has 1 aromatic carbocycles. The van der Waals surface area contributed by atoms with Crippen LogP contribution < -0.4 is 5.32 Å². The molecule has 0 saturated carbocycles. The van der Waals surface area contributed by atoms with Crippen molar-refractivity contribution in [3.8, 4) is 0 Å². The van der Waals surface area contributed by atoms with Gasteiger partial charge in [0, 0.05) is 31.6 Å². The van der Waals surface area contributed by atoms with Crippen LogP contribution in [0.3, 0.4) is 0 Å². The predicted octanol–water partition coefficient (Wildman–Crippen LogP) is 2.21. The van der Waals surface area contributed by atoms with E-state index >= 15 is 0 Å². The fourth-order valence-electron chi connectivity index (χ4n) is 2.29. The number of carbonyl (C=O) groups is 1. The van der Waals surface area contributed by atoms with E-state index in [4.69, 9.17) is 4.42 Å². The highest BCUT2D eigenvalue weighted by molar-refractivity contribution is 5.96. The number of halogens is 1. The summed E-state index contributed by atoms with van der Waals surface area (Å²) in [5.74, 6) is 0.433. The number of nitrogens with zero attached hydrogens (tertiary/aromatic N) is 1. The monoisotopic (exact) mass is 280 g/mol. The third-order valence-electron chi connectivity index (χ3n) is 3.29. The Kier molecular flexibility index (Phi) is 4.12. The van der Waals surface area contributed by atoms with Crippen LogP contribution in [-0.4, -0.2) is 37.0 Å². The van der Waals surface area contributed by atoms with Crippen LogP contribution in [0, 0.1) is 6.92 Å². The van der Waals surface area contributed by atoms with E-state index in [0.717, 1.165) is 37.1 Å². The Bertz CT molecular complexity index is 588. The Morgan fingerprint density at radius 1 is 1.26 bits per heavy atom. The van der Waals surface area contributed by atoms with Gasteiger partial charge >= 0.3 is 0 Å². The van der Waals surface area contributed by atoms with Gasteiger partial charge in [0.15, 0.2) is 5.76 Å². The number of amides is 1. The number of hydrogen-bond donors (Lipinski definition) is 1. The summed E-state index contributed by atoms with van der Waals surface area (Å²) in [6, 6.07) is 7.78. The lowest BCUT2D eigenvalue weighted by Crippen LogP contribution is -2.46. The van der Waals surface area contributed by atoms with Crippen LogP contribution in [-0.2, 0) is 0 Å². The van der Waals surface area contributed by atoms with E-state index in [1.54, 1.807) is 0 Å². The van der Waals surface area contributed by atoms with Crippen molar-refractivity contribution in [3.63, 3.8) is 0 Å². The van der Waals surface area contributed by atoms with Gasteiger partial charge in [-0.1, -0.05) is 11.6 Å². The van der Waals surface area contributed by atoms with Gasteiger partial charge in [0.25, 0.3) is 5.91 Å². The lowest BCUT2D eigenvalue weighted by molar-refractivity contribution is 0.0706. The molecule has 4 nitrogen and oxygen atoms in total. The lowest BCUT2D eigenvalue weighted by Gasteiger charge is -2.26. The summed E-state index contributed by atoms with van der Waals surface area (Å²) in [6.07, 6.45) is 0. The molecule has 1 N–H and O–H groups in total. The number of piperazine rings is 1. The van der Waals surface area contributed by atoms with E-state index in [0.29, 0.717) is 5.76 Å². The van der Waals surface area contributed by atoms with Gasteiger partial charge in [0.1, 0.15) is 5.58 Å². The maximum atomic E-state index is 12.3. The summed E-state index contributed by atoms with van der Waals surface area (Å²) in [5, 5.41) is 4.22. The van der Waals surface area contributed by atoms with Crippen molar-refractivity contribution in [1.29, 1.82) is 0 Å². The molecular formula is C14H17ClN2O2. The first kappa shape index (κ1) is 13.9. The Labute approximate surface area is 118 Å². The summed E-state index contributed by atoms with van der Waals surface area (Å²) in [7, 11) is 0. The first-order valence-corrected chi connectivity index (χ1v) is 6.24. The Morgan fingerprint density at radius 2 is 2.00 bits per heavy atom. The SMILES string of the molecule is Cc1ccc2oc(C(=O)N3CCNCC3)cc2c1.Cl. The topological polar surface area (TPSA) is 45.5 Å². The zero-order chi connectivity index (χ0) is 12.5. The molecule has 102 valence electrons. The number of carbonyl (C=O) groups excluding carboxylic acids is 1. The lowest BCUT2D eigenvalue weighted by atomic mass is 10.2. The van der Waals surface area contributed by atoms with Crippen molar-refractivity contribution in [1.82, 2.24) is 10.2 Å². The largest absolute Gasteiger partial charge is 0.451 e. The number of rotatable bonds is 1. The van der Waals surface area contributed by atoms with E-state index in [9.17, 15) is 4.79 Å². The number of aryl methyl sites for hydroxylation is 1. The summed E-state index contributed by atoms with van der Waals surface area (Å²) < 4.78 is 5.63. The Morgan fingerprint density at radius 3 is 2.74 bits per heavy atom. The Balaban J connectivity index is 0.00000133. The third kappa shape index (κ3) is 2.74. The average molecular weight is 281 g/mol. The van der Waals surface area contributed by atoms with E-state index in [1.165, 1.54) is 5.56 Å². The van der Waals surface area contributed by atoms with E-state index in [-0.39, 0.29) is 18.3 Å². The van der Waals surface area contributed by atoms with Gasteiger partial charge in [0.05, 0.1) is 0 Å². The summed E-state index contributed by atoms with van der Waals surface area (Å²) in [5.41, 5.74) is 1.95. The number of nitrogens with one attached hydrogen (secondary N) is 1. The third-order valence-corrected chi connectivity index (χ3v) is 3.29. The molecule has 0 unspecified atom stereocenters. The second-order valence-corrected chi connectivity index (χ2v) is 4.69. The molecule has 0 atom stereocenters. The first-order chi connectivity index (χ1) is 8.74. The zero-order valence-electron chi connectivity index (χ0n) is 10.8. The van der Waals surface area contributed by atoms with Gasteiger partial charge < -0.3 is 14.6 Å². The van der Waals surface area contributed by atoms with Crippen LogP contribution in [0.5, 0.6) is 0 Å². The normalized spacial score (nSPS) is 15.3. The molecule has 1 fully saturated rings. The fraction of sp³-hybridized carbons (Fsp3) is 0.357.